The number of amidine groups is 1. The number of nitrogens with one attached hydrogen (secondary N) is 1. The number of hydrogen-bond donors (Lipinski definition) is 3. The molecule has 0 spiro atoms. The average molecular weight is 279 g/mol. The van der Waals surface area contributed by atoms with Gasteiger partial charge in [0.1, 0.15) is 0 Å². The smallest absolute Gasteiger partial charge is 0.170 e. The zero-order chi connectivity index (χ0) is 13.7. The van der Waals surface area contributed by atoms with Crippen molar-refractivity contribution in [3.8, 4) is 0 Å². The molecule has 104 valence electrons. The molecule has 0 aromatic heterocycles. The Kier molecular flexibility index (Phi) is 4.71. The van der Waals surface area contributed by atoms with Crippen LogP contribution in [-0.4, -0.2) is 28.1 Å². The van der Waals surface area contributed by atoms with E-state index >= 15 is 0 Å². The van der Waals surface area contributed by atoms with Crippen LogP contribution < -0.4 is 11.1 Å². The Hall–Kier alpha value is -1.20. The molecule has 1 saturated heterocycles. The largest absolute Gasteiger partial charge is 0.409 e. The second kappa shape index (κ2) is 6.30. The lowest BCUT2D eigenvalue weighted by Crippen LogP contribution is -2.32. The van der Waals surface area contributed by atoms with Gasteiger partial charge in [0, 0.05) is 23.4 Å². The molecule has 1 heterocycles. The monoisotopic (exact) mass is 279 g/mol. The van der Waals surface area contributed by atoms with Crippen LogP contribution in [0.4, 0.5) is 0 Å². The Morgan fingerprint density at radius 1 is 1.47 bits per heavy atom. The molecule has 4 N–H and O–H groups in total. The number of nitrogens with two attached hydrogens (primary N) is 1. The standard InChI is InChI=1S/C14H21N3OS/c1-14(7-2-8-19-14)10-16-9-11-3-5-12(6-4-11)13(15)17-18/h3-6,16,18H,2,7-10H2,1H3,(H2,15,17). The molecular weight excluding hydrogens is 258 g/mol. The maximum Gasteiger partial charge on any atom is 0.170 e. The van der Waals surface area contributed by atoms with Crippen molar-refractivity contribution >= 4 is 17.6 Å². The number of rotatable bonds is 5. The summed E-state index contributed by atoms with van der Waals surface area (Å²) in [5.41, 5.74) is 7.48. The Labute approximate surface area is 118 Å². The van der Waals surface area contributed by atoms with Gasteiger partial charge in [0.05, 0.1) is 0 Å². The topological polar surface area (TPSA) is 70.6 Å². The zero-order valence-electron chi connectivity index (χ0n) is 11.2. The summed E-state index contributed by atoms with van der Waals surface area (Å²) in [6.45, 7) is 4.23. The molecule has 19 heavy (non-hydrogen) atoms. The number of nitrogens with zero attached hydrogens (tertiary/aromatic N) is 1. The van der Waals surface area contributed by atoms with Gasteiger partial charge in [0.15, 0.2) is 5.84 Å². The van der Waals surface area contributed by atoms with Crippen LogP contribution in [0.1, 0.15) is 30.9 Å². The van der Waals surface area contributed by atoms with Crippen LogP contribution in [0, 0.1) is 0 Å². The maximum atomic E-state index is 8.60. The molecule has 0 aliphatic carbocycles. The van der Waals surface area contributed by atoms with Crippen LogP contribution in [-0.2, 0) is 6.54 Å². The van der Waals surface area contributed by atoms with E-state index in [9.17, 15) is 0 Å². The summed E-state index contributed by atoms with van der Waals surface area (Å²) in [6.07, 6.45) is 2.63. The molecule has 1 aliphatic heterocycles. The first-order valence-electron chi connectivity index (χ1n) is 6.54. The number of benzene rings is 1. The van der Waals surface area contributed by atoms with E-state index in [4.69, 9.17) is 10.9 Å². The van der Waals surface area contributed by atoms with Crippen molar-refractivity contribution in [2.75, 3.05) is 12.3 Å². The molecule has 1 aromatic rings. The van der Waals surface area contributed by atoms with Gasteiger partial charge in [-0.05, 0) is 31.1 Å². The van der Waals surface area contributed by atoms with E-state index in [0.29, 0.717) is 4.75 Å². The zero-order valence-corrected chi connectivity index (χ0v) is 12.0. The van der Waals surface area contributed by atoms with Gasteiger partial charge in [0.25, 0.3) is 0 Å². The predicted octanol–water partition coefficient (Wildman–Crippen LogP) is 2.16. The minimum Gasteiger partial charge on any atom is -0.409 e. The van der Waals surface area contributed by atoms with E-state index in [1.165, 1.54) is 24.2 Å². The van der Waals surface area contributed by atoms with E-state index < -0.39 is 0 Å². The predicted molar refractivity (Wildman–Crippen MR) is 80.8 cm³/mol. The van der Waals surface area contributed by atoms with Crippen LogP contribution in [0.3, 0.4) is 0 Å². The fourth-order valence-corrected chi connectivity index (χ4v) is 3.57. The van der Waals surface area contributed by atoms with Crippen molar-refractivity contribution in [2.45, 2.75) is 31.1 Å². The molecule has 1 aliphatic rings. The number of thioether (sulfide) groups is 1. The molecule has 1 unspecified atom stereocenters. The third kappa shape index (κ3) is 3.88. The summed E-state index contributed by atoms with van der Waals surface area (Å²) in [6, 6.07) is 7.76. The molecular formula is C14H21N3OS. The van der Waals surface area contributed by atoms with Crippen molar-refractivity contribution in [2.24, 2.45) is 10.9 Å². The van der Waals surface area contributed by atoms with Crippen LogP contribution in [0.2, 0.25) is 0 Å². The quantitative estimate of drug-likeness (QED) is 0.334. The fourth-order valence-electron chi connectivity index (χ4n) is 2.30. The summed E-state index contributed by atoms with van der Waals surface area (Å²) >= 11 is 2.07. The highest BCUT2D eigenvalue weighted by atomic mass is 32.2. The molecule has 1 atom stereocenters. The third-order valence-electron chi connectivity index (χ3n) is 3.49. The van der Waals surface area contributed by atoms with E-state index in [2.05, 4.69) is 29.2 Å². The van der Waals surface area contributed by atoms with Crippen LogP contribution in [0.25, 0.3) is 0 Å². The lowest BCUT2D eigenvalue weighted by atomic mass is 10.1. The third-order valence-corrected chi connectivity index (χ3v) is 5.02. The lowest BCUT2D eigenvalue weighted by Gasteiger charge is -2.23. The van der Waals surface area contributed by atoms with Crippen LogP contribution >= 0.6 is 11.8 Å². The SMILES string of the molecule is CC1(CNCc2ccc(/C(N)=N/O)cc2)CCCS1. The van der Waals surface area contributed by atoms with Gasteiger partial charge in [-0.25, -0.2) is 0 Å². The van der Waals surface area contributed by atoms with Gasteiger partial charge in [-0.3, -0.25) is 0 Å². The molecule has 0 radical (unpaired) electrons. The van der Waals surface area contributed by atoms with E-state index in [0.717, 1.165) is 18.7 Å². The minimum absolute atomic E-state index is 0.148. The number of oxime groups is 1. The lowest BCUT2D eigenvalue weighted by molar-refractivity contribution is 0.318. The Bertz CT molecular complexity index is 439. The first-order valence-corrected chi connectivity index (χ1v) is 7.53. The van der Waals surface area contributed by atoms with Crippen molar-refractivity contribution in [1.29, 1.82) is 0 Å². The van der Waals surface area contributed by atoms with Crippen molar-refractivity contribution in [1.82, 2.24) is 5.32 Å². The highest BCUT2D eigenvalue weighted by Gasteiger charge is 2.28. The first-order chi connectivity index (χ1) is 9.13. The molecule has 0 amide bonds. The normalized spacial score (nSPS) is 23.7. The Morgan fingerprint density at radius 3 is 2.79 bits per heavy atom. The van der Waals surface area contributed by atoms with Crippen LogP contribution in [0.15, 0.2) is 29.4 Å². The summed E-state index contributed by atoms with van der Waals surface area (Å²) in [5, 5.41) is 15.1. The van der Waals surface area contributed by atoms with Gasteiger partial charge in [-0.15, -0.1) is 0 Å². The highest BCUT2D eigenvalue weighted by molar-refractivity contribution is 8.00. The van der Waals surface area contributed by atoms with Crippen molar-refractivity contribution in [3.05, 3.63) is 35.4 Å². The molecule has 0 saturated carbocycles. The summed E-state index contributed by atoms with van der Waals surface area (Å²) in [7, 11) is 0. The average Bonchev–Trinajstić information content (AvgIpc) is 2.86. The maximum absolute atomic E-state index is 8.60. The van der Waals surface area contributed by atoms with Gasteiger partial charge in [0.2, 0.25) is 0 Å². The van der Waals surface area contributed by atoms with E-state index in [1.54, 1.807) is 0 Å². The highest BCUT2D eigenvalue weighted by Crippen LogP contribution is 2.36. The van der Waals surface area contributed by atoms with Crippen LogP contribution in [0.5, 0.6) is 0 Å². The van der Waals surface area contributed by atoms with Crippen molar-refractivity contribution < 1.29 is 5.21 Å². The number of hydrogen-bond acceptors (Lipinski definition) is 4. The molecule has 2 rings (SSSR count). The summed E-state index contributed by atoms with van der Waals surface area (Å²) in [4.78, 5) is 0. The second-order valence-corrected chi connectivity index (χ2v) is 6.87. The van der Waals surface area contributed by atoms with Gasteiger partial charge >= 0.3 is 0 Å². The van der Waals surface area contributed by atoms with Gasteiger partial charge < -0.3 is 16.3 Å². The van der Waals surface area contributed by atoms with Gasteiger partial charge in [-0.2, -0.15) is 11.8 Å². The fraction of sp³-hybridized carbons (Fsp3) is 0.500. The van der Waals surface area contributed by atoms with Gasteiger partial charge in [-0.1, -0.05) is 29.4 Å². The molecule has 0 bridgehead atoms. The van der Waals surface area contributed by atoms with E-state index in [1.807, 2.05) is 24.3 Å². The second-order valence-electron chi connectivity index (χ2n) is 5.19. The van der Waals surface area contributed by atoms with Crippen molar-refractivity contribution in [3.63, 3.8) is 0 Å². The Balaban J connectivity index is 1.83. The van der Waals surface area contributed by atoms with E-state index in [-0.39, 0.29) is 5.84 Å². The summed E-state index contributed by atoms with van der Waals surface area (Å²) < 4.78 is 0.397. The summed E-state index contributed by atoms with van der Waals surface area (Å²) in [5.74, 6) is 1.43. The molecule has 1 aromatic carbocycles. The molecule has 1 fully saturated rings. The first kappa shape index (κ1) is 14.2. The molecule has 4 nitrogen and oxygen atoms in total. The minimum atomic E-state index is 0.148. The molecule has 5 heteroatoms. The Morgan fingerprint density at radius 2 is 2.21 bits per heavy atom.